The minimum Gasteiger partial charge on any atom is -0.497 e. The number of carbonyl (C=O) groups is 2. The molecule has 0 saturated carbocycles. The van der Waals surface area contributed by atoms with Crippen molar-refractivity contribution in [3.63, 3.8) is 0 Å². The van der Waals surface area contributed by atoms with Gasteiger partial charge < -0.3 is 24.6 Å². The molecular weight excluding hydrogens is 364 g/mol. The summed E-state index contributed by atoms with van der Waals surface area (Å²) in [4.78, 5) is 25.9. The molecule has 0 aliphatic carbocycles. The topological polar surface area (TPSA) is 97.3 Å². The van der Waals surface area contributed by atoms with Gasteiger partial charge in [-0.2, -0.15) is 0 Å². The van der Waals surface area contributed by atoms with Crippen molar-refractivity contribution in [3.05, 3.63) is 48.0 Å². The molecule has 28 heavy (non-hydrogen) atoms. The van der Waals surface area contributed by atoms with Crippen molar-refractivity contribution in [1.82, 2.24) is 5.32 Å². The molecule has 0 aromatic heterocycles. The van der Waals surface area contributed by atoms with Crippen LogP contribution in [0.1, 0.15) is 11.7 Å². The summed E-state index contributed by atoms with van der Waals surface area (Å²) in [6.07, 6.45) is -0.998. The molecule has 1 unspecified atom stereocenters. The van der Waals surface area contributed by atoms with Crippen LogP contribution in [0, 0.1) is 0 Å². The first-order valence-corrected chi connectivity index (χ1v) is 8.72. The van der Waals surface area contributed by atoms with Crippen LogP contribution in [0.25, 0.3) is 0 Å². The highest BCUT2D eigenvalue weighted by Crippen LogP contribution is 2.31. The van der Waals surface area contributed by atoms with Gasteiger partial charge in [0.1, 0.15) is 23.8 Å². The lowest BCUT2D eigenvalue weighted by Crippen LogP contribution is -2.45. The van der Waals surface area contributed by atoms with Crippen molar-refractivity contribution in [3.8, 4) is 17.2 Å². The number of anilines is 1. The van der Waals surface area contributed by atoms with Crippen LogP contribution in [0.4, 0.5) is 5.69 Å². The normalized spacial score (nSPS) is 14.0. The Morgan fingerprint density at radius 1 is 1.25 bits per heavy atom. The largest absolute Gasteiger partial charge is 0.497 e. The summed E-state index contributed by atoms with van der Waals surface area (Å²) in [7, 11) is 3.02. The van der Waals surface area contributed by atoms with E-state index in [1.54, 1.807) is 42.5 Å². The molecule has 2 aromatic carbocycles. The van der Waals surface area contributed by atoms with Gasteiger partial charge in [0.25, 0.3) is 5.91 Å². The number of methoxy groups -OCH3 is 2. The van der Waals surface area contributed by atoms with Crippen LogP contribution in [-0.2, 0) is 9.59 Å². The van der Waals surface area contributed by atoms with Crippen molar-refractivity contribution >= 4 is 17.5 Å². The highest BCUT2D eigenvalue weighted by atomic mass is 16.5. The molecule has 0 fully saturated rings. The number of amides is 2. The number of para-hydroxylation sites is 2. The van der Waals surface area contributed by atoms with Crippen molar-refractivity contribution in [2.45, 2.75) is 6.10 Å². The molecular formula is C20H22N2O6. The van der Waals surface area contributed by atoms with Crippen LogP contribution >= 0.6 is 0 Å². The zero-order valence-electron chi connectivity index (χ0n) is 15.7. The van der Waals surface area contributed by atoms with Gasteiger partial charge in [0, 0.05) is 12.1 Å². The van der Waals surface area contributed by atoms with E-state index in [1.807, 2.05) is 0 Å². The molecule has 8 heteroatoms. The fourth-order valence-corrected chi connectivity index (χ4v) is 2.95. The Bertz CT molecular complexity index is 870. The average Bonchev–Trinajstić information content (AvgIpc) is 2.73. The fraction of sp³-hybridized carbons (Fsp3) is 0.300. The number of hydrogen-bond donors (Lipinski definition) is 2. The lowest BCUT2D eigenvalue weighted by Gasteiger charge is -2.28. The Kier molecular flexibility index (Phi) is 6.00. The SMILES string of the molecule is COc1ccc(OC)c(C(O)CNC(=O)CN2C(=O)COc3ccccc32)c1. The number of fused-ring (bicyclic) bond motifs is 1. The molecule has 2 N–H and O–H groups in total. The summed E-state index contributed by atoms with van der Waals surface area (Å²) in [6, 6.07) is 12.1. The molecule has 0 bridgehead atoms. The Labute approximate surface area is 162 Å². The second kappa shape index (κ2) is 8.62. The van der Waals surface area contributed by atoms with E-state index in [-0.39, 0.29) is 25.6 Å². The smallest absolute Gasteiger partial charge is 0.265 e. The molecule has 1 heterocycles. The second-order valence-corrected chi connectivity index (χ2v) is 6.16. The van der Waals surface area contributed by atoms with E-state index in [4.69, 9.17) is 14.2 Å². The van der Waals surface area contributed by atoms with Crippen LogP contribution < -0.4 is 24.4 Å². The zero-order valence-corrected chi connectivity index (χ0v) is 15.7. The third-order valence-electron chi connectivity index (χ3n) is 4.40. The van der Waals surface area contributed by atoms with Gasteiger partial charge in [-0.25, -0.2) is 0 Å². The Balaban J connectivity index is 1.64. The second-order valence-electron chi connectivity index (χ2n) is 6.16. The lowest BCUT2D eigenvalue weighted by molar-refractivity contribution is -0.125. The summed E-state index contributed by atoms with van der Waals surface area (Å²) in [5, 5.41) is 13.1. The zero-order chi connectivity index (χ0) is 20.1. The summed E-state index contributed by atoms with van der Waals surface area (Å²) in [5.41, 5.74) is 1.04. The third-order valence-corrected chi connectivity index (χ3v) is 4.40. The van der Waals surface area contributed by atoms with E-state index in [0.29, 0.717) is 28.5 Å². The maximum atomic E-state index is 12.4. The number of aliphatic hydroxyl groups is 1. The van der Waals surface area contributed by atoms with Crippen molar-refractivity contribution in [1.29, 1.82) is 0 Å². The summed E-state index contributed by atoms with van der Waals surface area (Å²) < 4.78 is 15.8. The Hall–Kier alpha value is -3.26. The maximum absolute atomic E-state index is 12.4. The van der Waals surface area contributed by atoms with Crippen molar-refractivity contribution < 1.29 is 28.9 Å². The number of ether oxygens (including phenoxy) is 3. The minimum atomic E-state index is -0.998. The molecule has 1 aliphatic rings. The average molecular weight is 386 g/mol. The first-order valence-electron chi connectivity index (χ1n) is 8.72. The molecule has 0 spiro atoms. The molecule has 3 rings (SSSR count). The van der Waals surface area contributed by atoms with Gasteiger partial charge >= 0.3 is 0 Å². The first-order chi connectivity index (χ1) is 13.5. The molecule has 2 aromatic rings. The molecule has 1 aliphatic heterocycles. The number of nitrogens with zero attached hydrogens (tertiary/aromatic N) is 1. The van der Waals surface area contributed by atoms with E-state index in [0.717, 1.165) is 0 Å². The van der Waals surface area contributed by atoms with E-state index in [9.17, 15) is 14.7 Å². The van der Waals surface area contributed by atoms with Gasteiger partial charge in [-0.3, -0.25) is 14.5 Å². The highest BCUT2D eigenvalue weighted by molar-refractivity contribution is 6.02. The van der Waals surface area contributed by atoms with Gasteiger partial charge in [-0.1, -0.05) is 12.1 Å². The van der Waals surface area contributed by atoms with Crippen LogP contribution in [0.2, 0.25) is 0 Å². The Morgan fingerprint density at radius 2 is 2.04 bits per heavy atom. The van der Waals surface area contributed by atoms with Crippen molar-refractivity contribution in [2.24, 2.45) is 0 Å². The summed E-state index contributed by atoms with van der Waals surface area (Å²) in [6.45, 7) is -0.322. The van der Waals surface area contributed by atoms with Gasteiger partial charge in [-0.05, 0) is 30.3 Å². The van der Waals surface area contributed by atoms with Gasteiger partial charge in [0.2, 0.25) is 5.91 Å². The summed E-state index contributed by atoms with van der Waals surface area (Å²) in [5.74, 6) is 0.905. The number of benzene rings is 2. The molecule has 0 radical (unpaired) electrons. The number of aliphatic hydroxyl groups excluding tert-OH is 1. The summed E-state index contributed by atoms with van der Waals surface area (Å²) >= 11 is 0. The van der Waals surface area contributed by atoms with Gasteiger partial charge in [-0.15, -0.1) is 0 Å². The molecule has 2 amide bonds. The first kappa shape index (κ1) is 19.5. The fourth-order valence-electron chi connectivity index (χ4n) is 2.95. The molecule has 148 valence electrons. The predicted octanol–water partition coefficient (Wildman–Crippen LogP) is 1.28. The van der Waals surface area contributed by atoms with E-state index < -0.39 is 12.0 Å². The standard InChI is InChI=1S/C20H22N2O6/c1-26-13-7-8-17(27-2)14(9-13)16(23)10-21-19(24)11-22-15-5-3-4-6-18(15)28-12-20(22)25/h3-9,16,23H,10-12H2,1-2H3,(H,21,24). The van der Waals surface area contributed by atoms with E-state index >= 15 is 0 Å². The number of carbonyl (C=O) groups excluding carboxylic acids is 2. The van der Waals surface area contributed by atoms with Gasteiger partial charge in [0.15, 0.2) is 6.61 Å². The lowest BCUT2D eigenvalue weighted by atomic mass is 10.1. The Morgan fingerprint density at radius 3 is 2.79 bits per heavy atom. The molecule has 8 nitrogen and oxygen atoms in total. The third kappa shape index (κ3) is 4.17. The predicted molar refractivity (Wildman–Crippen MR) is 102 cm³/mol. The van der Waals surface area contributed by atoms with E-state index in [2.05, 4.69) is 5.32 Å². The molecule has 0 saturated heterocycles. The number of rotatable bonds is 7. The monoisotopic (exact) mass is 386 g/mol. The van der Waals surface area contributed by atoms with Crippen molar-refractivity contribution in [2.75, 3.05) is 38.8 Å². The quantitative estimate of drug-likeness (QED) is 0.744. The van der Waals surface area contributed by atoms with E-state index in [1.165, 1.54) is 19.1 Å². The highest BCUT2D eigenvalue weighted by Gasteiger charge is 2.27. The van der Waals surface area contributed by atoms with Crippen LogP contribution in [0.15, 0.2) is 42.5 Å². The maximum Gasteiger partial charge on any atom is 0.265 e. The van der Waals surface area contributed by atoms with Crippen LogP contribution in [-0.4, -0.2) is 50.8 Å². The van der Waals surface area contributed by atoms with Crippen LogP contribution in [0.3, 0.4) is 0 Å². The van der Waals surface area contributed by atoms with Gasteiger partial charge in [0.05, 0.1) is 26.0 Å². The van der Waals surface area contributed by atoms with Crippen LogP contribution in [0.5, 0.6) is 17.2 Å². The number of nitrogens with one attached hydrogen (secondary N) is 1. The molecule has 1 atom stereocenters. The number of hydrogen-bond acceptors (Lipinski definition) is 6. The minimum absolute atomic E-state index is 0.0391.